The third kappa shape index (κ3) is 6.17. The van der Waals surface area contributed by atoms with Crippen molar-refractivity contribution >= 4 is 6.21 Å². The monoisotopic (exact) mass is 197 g/mol. The lowest BCUT2D eigenvalue weighted by Gasteiger charge is -2.13. The molecule has 0 radical (unpaired) electrons. The normalized spacial score (nSPS) is 18.4. The second-order valence-corrected chi connectivity index (χ2v) is 4.55. The predicted octanol–water partition coefficient (Wildman–Crippen LogP) is 4.32. The maximum Gasteiger partial charge on any atom is 0.0492 e. The van der Waals surface area contributed by atoms with Gasteiger partial charge in [0.2, 0.25) is 0 Å². The van der Waals surface area contributed by atoms with E-state index < -0.39 is 0 Å². The Balaban J connectivity index is 3.61. The van der Waals surface area contributed by atoms with E-state index in [9.17, 15) is 0 Å². The van der Waals surface area contributed by atoms with Gasteiger partial charge in [0.05, 0.1) is 0 Å². The van der Waals surface area contributed by atoms with Gasteiger partial charge >= 0.3 is 0 Å². The van der Waals surface area contributed by atoms with Gasteiger partial charge in [0.15, 0.2) is 0 Å². The summed E-state index contributed by atoms with van der Waals surface area (Å²) in [5.41, 5.74) is 0. The molecule has 0 aliphatic heterocycles. The van der Waals surface area contributed by atoms with E-state index in [4.69, 9.17) is 0 Å². The van der Waals surface area contributed by atoms with Gasteiger partial charge in [-0.05, 0) is 37.8 Å². The van der Waals surface area contributed by atoms with E-state index in [1.165, 1.54) is 19.3 Å². The maximum absolute atomic E-state index is 4.58. The Bertz CT molecular complexity index is 151. The van der Waals surface area contributed by atoms with Crippen molar-refractivity contribution in [1.29, 1.82) is 0 Å². The molecule has 0 rings (SSSR count). The van der Waals surface area contributed by atoms with Crippen LogP contribution in [0.25, 0.3) is 0 Å². The predicted molar refractivity (Wildman–Crippen MR) is 66.1 cm³/mol. The Morgan fingerprint density at radius 2 is 1.71 bits per heavy atom. The van der Waals surface area contributed by atoms with Crippen LogP contribution in [0.3, 0.4) is 0 Å². The van der Waals surface area contributed by atoms with Crippen LogP contribution in [0, 0.1) is 11.8 Å². The molecule has 0 fully saturated rings. The second-order valence-electron chi connectivity index (χ2n) is 4.55. The third-order valence-corrected chi connectivity index (χ3v) is 3.29. The number of aliphatic imine (C=N–C) groups is 1. The number of nitrogens with zero attached hydrogens (tertiary/aromatic N) is 1. The van der Waals surface area contributed by atoms with Crippen molar-refractivity contribution in [2.24, 2.45) is 16.8 Å². The van der Waals surface area contributed by atoms with Gasteiger partial charge in [-0.25, -0.2) is 0 Å². The van der Waals surface area contributed by atoms with Crippen LogP contribution in [0.1, 0.15) is 60.3 Å². The smallest absolute Gasteiger partial charge is 0.0492 e. The molecule has 14 heavy (non-hydrogen) atoms. The number of rotatable bonds is 7. The van der Waals surface area contributed by atoms with Crippen LogP contribution in [0.2, 0.25) is 0 Å². The summed E-state index contributed by atoms with van der Waals surface area (Å²) in [4.78, 5) is 4.58. The van der Waals surface area contributed by atoms with E-state index >= 15 is 0 Å². The first-order chi connectivity index (χ1) is 6.61. The van der Waals surface area contributed by atoms with Gasteiger partial charge in [0.1, 0.15) is 0 Å². The minimum atomic E-state index is 0.497. The molecule has 1 heteroatoms. The standard InChI is InChI=1S/C13H27N/c1-6-11(3)9-8-10-14-13(5)12(4)7-2/h10-13H,6-9H2,1-5H3. The van der Waals surface area contributed by atoms with Crippen molar-refractivity contribution < 1.29 is 0 Å². The molecule has 3 atom stereocenters. The lowest BCUT2D eigenvalue weighted by Crippen LogP contribution is -2.10. The van der Waals surface area contributed by atoms with Gasteiger partial charge in [0.25, 0.3) is 0 Å². The number of hydrogen-bond acceptors (Lipinski definition) is 1. The molecule has 0 spiro atoms. The Kier molecular flexibility index (Phi) is 7.83. The molecule has 0 saturated heterocycles. The Labute approximate surface area is 90.0 Å². The van der Waals surface area contributed by atoms with E-state index in [0.717, 1.165) is 18.3 Å². The van der Waals surface area contributed by atoms with Gasteiger partial charge < -0.3 is 0 Å². The molecule has 84 valence electrons. The van der Waals surface area contributed by atoms with E-state index in [1.54, 1.807) is 0 Å². The highest BCUT2D eigenvalue weighted by atomic mass is 14.8. The van der Waals surface area contributed by atoms with Gasteiger partial charge in [-0.2, -0.15) is 0 Å². The third-order valence-electron chi connectivity index (χ3n) is 3.29. The topological polar surface area (TPSA) is 12.4 Å². The Hall–Kier alpha value is -0.330. The summed E-state index contributed by atoms with van der Waals surface area (Å²) in [6.45, 7) is 11.3. The molecule has 0 N–H and O–H groups in total. The van der Waals surface area contributed by atoms with Crippen LogP contribution in [0.5, 0.6) is 0 Å². The minimum absolute atomic E-state index is 0.497. The average Bonchev–Trinajstić information content (AvgIpc) is 2.22. The first-order valence-corrected chi connectivity index (χ1v) is 6.13. The zero-order chi connectivity index (χ0) is 11.0. The quantitative estimate of drug-likeness (QED) is 0.539. The molecule has 0 bridgehead atoms. The summed E-state index contributed by atoms with van der Waals surface area (Å²) in [6, 6.07) is 0.497. The first kappa shape index (κ1) is 13.7. The van der Waals surface area contributed by atoms with Crippen molar-refractivity contribution in [3.63, 3.8) is 0 Å². The van der Waals surface area contributed by atoms with E-state index in [1.807, 2.05) is 0 Å². The summed E-state index contributed by atoms with van der Waals surface area (Å²) in [5.74, 6) is 1.57. The highest BCUT2D eigenvalue weighted by molar-refractivity contribution is 5.57. The molecule has 0 aliphatic rings. The van der Waals surface area contributed by atoms with Crippen LogP contribution < -0.4 is 0 Å². The highest BCUT2D eigenvalue weighted by Gasteiger charge is 2.06. The molecule has 1 nitrogen and oxygen atoms in total. The molecule has 0 saturated carbocycles. The molecule has 3 unspecified atom stereocenters. The summed E-state index contributed by atoms with van der Waals surface area (Å²) < 4.78 is 0. The molecule has 0 heterocycles. The fourth-order valence-corrected chi connectivity index (χ4v) is 1.29. The molecule has 0 amide bonds. The van der Waals surface area contributed by atoms with Crippen molar-refractivity contribution in [2.75, 3.05) is 0 Å². The van der Waals surface area contributed by atoms with E-state index in [0.29, 0.717) is 6.04 Å². The molecular weight excluding hydrogens is 170 g/mol. The highest BCUT2D eigenvalue weighted by Crippen LogP contribution is 2.11. The Morgan fingerprint density at radius 3 is 2.21 bits per heavy atom. The van der Waals surface area contributed by atoms with Gasteiger partial charge in [0, 0.05) is 6.04 Å². The van der Waals surface area contributed by atoms with Crippen molar-refractivity contribution in [1.82, 2.24) is 0 Å². The fraction of sp³-hybridized carbons (Fsp3) is 0.923. The fourth-order valence-electron chi connectivity index (χ4n) is 1.29. The van der Waals surface area contributed by atoms with Crippen LogP contribution in [0.4, 0.5) is 0 Å². The van der Waals surface area contributed by atoms with E-state index in [-0.39, 0.29) is 0 Å². The van der Waals surface area contributed by atoms with Crippen LogP contribution >= 0.6 is 0 Å². The molecule has 0 aromatic carbocycles. The van der Waals surface area contributed by atoms with E-state index in [2.05, 4.69) is 45.8 Å². The molecular formula is C13H27N. The van der Waals surface area contributed by atoms with Crippen molar-refractivity contribution in [2.45, 2.75) is 66.3 Å². The summed E-state index contributed by atoms with van der Waals surface area (Å²) in [5, 5.41) is 0. The Morgan fingerprint density at radius 1 is 1.07 bits per heavy atom. The van der Waals surface area contributed by atoms with Crippen LogP contribution in [-0.2, 0) is 0 Å². The first-order valence-electron chi connectivity index (χ1n) is 6.13. The van der Waals surface area contributed by atoms with Crippen molar-refractivity contribution in [3.05, 3.63) is 0 Å². The summed E-state index contributed by atoms with van der Waals surface area (Å²) >= 11 is 0. The number of hydrogen-bond donors (Lipinski definition) is 0. The van der Waals surface area contributed by atoms with Gasteiger partial charge in [-0.3, -0.25) is 4.99 Å². The molecule has 0 aliphatic carbocycles. The SMILES string of the molecule is CCC(C)CCC=NC(C)C(C)CC. The maximum atomic E-state index is 4.58. The van der Waals surface area contributed by atoms with Crippen molar-refractivity contribution in [3.8, 4) is 0 Å². The zero-order valence-electron chi connectivity index (χ0n) is 10.6. The lowest BCUT2D eigenvalue weighted by atomic mass is 10.0. The average molecular weight is 197 g/mol. The minimum Gasteiger partial charge on any atom is -0.294 e. The molecule has 0 aromatic heterocycles. The second kappa shape index (κ2) is 8.02. The van der Waals surface area contributed by atoms with Gasteiger partial charge in [-0.15, -0.1) is 0 Å². The summed E-state index contributed by atoms with van der Waals surface area (Å²) in [7, 11) is 0. The summed E-state index contributed by atoms with van der Waals surface area (Å²) in [6.07, 6.45) is 7.07. The largest absolute Gasteiger partial charge is 0.294 e. The lowest BCUT2D eigenvalue weighted by molar-refractivity contribution is 0.471. The zero-order valence-corrected chi connectivity index (χ0v) is 10.6. The molecule has 0 aromatic rings. The van der Waals surface area contributed by atoms with Crippen LogP contribution in [0.15, 0.2) is 4.99 Å². The van der Waals surface area contributed by atoms with Gasteiger partial charge in [-0.1, -0.05) is 40.5 Å². The van der Waals surface area contributed by atoms with Crippen LogP contribution in [-0.4, -0.2) is 12.3 Å².